The van der Waals surface area contributed by atoms with Gasteiger partial charge in [0.15, 0.2) is 0 Å². The van der Waals surface area contributed by atoms with Gasteiger partial charge >= 0.3 is 0 Å². The molecule has 1 aromatic heterocycles. The first-order valence-corrected chi connectivity index (χ1v) is 6.33. The highest BCUT2D eigenvalue weighted by Gasteiger charge is 2.22. The summed E-state index contributed by atoms with van der Waals surface area (Å²) in [6.45, 7) is 0.569. The topological polar surface area (TPSA) is 66.9 Å². The van der Waals surface area contributed by atoms with Crippen LogP contribution >= 0.6 is 22.6 Å². The molecule has 1 aliphatic rings. The molecule has 5 nitrogen and oxygen atoms in total. The molecule has 1 amide bonds. The van der Waals surface area contributed by atoms with Crippen molar-refractivity contribution in [2.45, 2.75) is 25.3 Å². The van der Waals surface area contributed by atoms with Gasteiger partial charge in [0, 0.05) is 35.0 Å². The Bertz CT molecular complexity index is 364. The maximum absolute atomic E-state index is 11.3. The van der Waals surface area contributed by atoms with Crippen molar-refractivity contribution < 1.29 is 4.79 Å². The summed E-state index contributed by atoms with van der Waals surface area (Å²) >= 11 is 2.15. The molecule has 0 radical (unpaired) electrons. The predicted molar refractivity (Wildman–Crippen MR) is 69.0 cm³/mol. The monoisotopic (exact) mass is 332 g/mol. The molecule has 0 aromatic carbocycles. The van der Waals surface area contributed by atoms with Crippen molar-refractivity contribution in [1.82, 2.24) is 15.3 Å². The highest BCUT2D eigenvalue weighted by Crippen LogP contribution is 2.18. The van der Waals surface area contributed by atoms with Gasteiger partial charge < -0.3 is 10.6 Å². The van der Waals surface area contributed by atoms with Crippen molar-refractivity contribution in [3.05, 3.63) is 16.0 Å². The van der Waals surface area contributed by atoms with Crippen molar-refractivity contribution in [3.63, 3.8) is 0 Å². The van der Waals surface area contributed by atoms with E-state index in [0.29, 0.717) is 25.0 Å². The number of amides is 1. The van der Waals surface area contributed by atoms with Crippen LogP contribution in [0.4, 0.5) is 5.95 Å². The molecule has 2 N–H and O–H groups in total. The normalized spacial score (nSPS) is 14.6. The van der Waals surface area contributed by atoms with Gasteiger partial charge in [0.1, 0.15) is 0 Å². The van der Waals surface area contributed by atoms with Crippen molar-refractivity contribution in [2.24, 2.45) is 0 Å². The van der Waals surface area contributed by atoms with Crippen LogP contribution in [0.15, 0.2) is 12.4 Å². The maximum atomic E-state index is 11.3. The van der Waals surface area contributed by atoms with E-state index in [4.69, 9.17) is 0 Å². The van der Waals surface area contributed by atoms with E-state index < -0.39 is 0 Å². The summed E-state index contributed by atoms with van der Waals surface area (Å²) in [6.07, 6.45) is 6.19. The smallest absolute Gasteiger partial charge is 0.222 e. The summed E-state index contributed by atoms with van der Waals surface area (Å²) in [4.78, 5) is 19.5. The molecule has 0 atom stereocenters. The van der Waals surface area contributed by atoms with Crippen LogP contribution in [-0.4, -0.2) is 28.5 Å². The first-order chi connectivity index (χ1) is 7.74. The lowest BCUT2D eigenvalue weighted by molar-refractivity contribution is -0.120. The fourth-order valence-corrected chi connectivity index (χ4v) is 1.50. The number of halogens is 1. The average Bonchev–Trinajstić information content (AvgIpc) is 3.05. The van der Waals surface area contributed by atoms with E-state index >= 15 is 0 Å². The molecule has 6 heteroatoms. The standard InChI is InChI=1S/C10H13IN4O/c11-7-5-13-10(14-6-7)12-4-3-9(16)15-8-1-2-8/h5-6,8H,1-4H2,(H,15,16)(H,12,13,14). The van der Waals surface area contributed by atoms with Crippen LogP contribution in [0.5, 0.6) is 0 Å². The van der Waals surface area contributed by atoms with Crippen LogP contribution < -0.4 is 10.6 Å². The Morgan fingerprint density at radius 2 is 2.12 bits per heavy atom. The summed E-state index contributed by atoms with van der Waals surface area (Å²) in [5.41, 5.74) is 0. The fraction of sp³-hybridized carbons (Fsp3) is 0.500. The fourth-order valence-electron chi connectivity index (χ4n) is 1.22. The zero-order valence-electron chi connectivity index (χ0n) is 8.74. The Balaban J connectivity index is 1.66. The number of nitrogens with zero attached hydrogens (tertiary/aromatic N) is 2. The van der Waals surface area contributed by atoms with Crippen LogP contribution in [0.25, 0.3) is 0 Å². The molecular weight excluding hydrogens is 319 g/mol. The highest BCUT2D eigenvalue weighted by molar-refractivity contribution is 14.1. The second-order valence-corrected chi connectivity index (χ2v) is 4.99. The molecule has 0 bridgehead atoms. The minimum absolute atomic E-state index is 0.0977. The quantitative estimate of drug-likeness (QED) is 0.795. The summed E-state index contributed by atoms with van der Waals surface area (Å²) in [7, 11) is 0. The van der Waals surface area contributed by atoms with Crippen LogP contribution in [0.2, 0.25) is 0 Å². The lowest BCUT2D eigenvalue weighted by Crippen LogP contribution is -2.27. The largest absolute Gasteiger partial charge is 0.354 e. The number of carbonyl (C=O) groups excluding carboxylic acids is 1. The van der Waals surface area contributed by atoms with Crippen LogP contribution in [0, 0.1) is 3.57 Å². The van der Waals surface area contributed by atoms with Crippen LogP contribution in [0.1, 0.15) is 19.3 Å². The van der Waals surface area contributed by atoms with Gasteiger partial charge in [-0.05, 0) is 35.4 Å². The number of anilines is 1. The molecule has 1 fully saturated rings. The molecule has 16 heavy (non-hydrogen) atoms. The lowest BCUT2D eigenvalue weighted by atomic mass is 10.4. The second-order valence-electron chi connectivity index (χ2n) is 3.74. The molecule has 2 rings (SSSR count). The van der Waals surface area contributed by atoms with E-state index in [0.717, 1.165) is 16.4 Å². The Labute approximate surface area is 108 Å². The van der Waals surface area contributed by atoms with E-state index in [1.54, 1.807) is 12.4 Å². The molecule has 0 unspecified atom stereocenters. The third kappa shape index (κ3) is 3.92. The molecule has 86 valence electrons. The van der Waals surface area contributed by atoms with E-state index in [1.165, 1.54) is 0 Å². The van der Waals surface area contributed by atoms with Gasteiger partial charge in [0.2, 0.25) is 11.9 Å². The van der Waals surface area contributed by atoms with Crippen molar-refractivity contribution >= 4 is 34.4 Å². The van der Waals surface area contributed by atoms with E-state index in [1.807, 2.05) is 0 Å². The van der Waals surface area contributed by atoms with Crippen LogP contribution in [-0.2, 0) is 4.79 Å². The number of hydrogen-bond acceptors (Lipinski definition) is 4. The van der Waals surface area contributed by atoms with Gasteiger partial charge in [-0.2, -0.15) is 0 Å². The van der Waals surface area contributed by atoms with Gasteiger partial charge in [-0.3, -0.25) is 4.79 Å². The van der Waals surface area contributed by atoms with Gasteiger partial charge in [0.05, 0.1) is 0 Å². The van der Waals surface area contributed by atoms with E-state index in [-0.39, 0.29) is 5.91 Å². The average molecular weight is 332 g/mol. The number of aromatic nitrogens is 2. The van der Waals surface area contributed by atoms with Crippen molar-refractivity contribution in [2.75, 3.05) is 11.9 Å². The summed E-state index contributed by atoms with van der Waals surface area (Å²) < 4.78 is 0.995. The van der Waals surface area contributed by atoms with Gasteiger partial charge in [-0.25, -0.2) is 9.97 Å². The molecule has 0 spiro atoms. The Hall–Kier alpha value is -0.920. The number of rotatable bonds is 5. The molecule has 1 saturated carbocycles. The van der Waals surface area contributed by atoms with Gasteiger partial charge in [0.25, 0.3) is 0 Å². The molecular formula is C10H13IN4O. The first-order valence-electron chi connectivity index (χ1n) is 5.25. The Morgan fingerprint density at radius 1 is 1.44 bits per heavy atom. The molecule has 1 heterocycles. The maximum Gasteiger partial charge on any atom is 0.222 e. The minimum Gasteiger partial charge on any atom is -0.354 e. The third-order valence-electron chi connectivity index (χ3n) is 2.20. The second kappa shape index (κ2) is 5.42. The zero-order chi connectivity index (χ0) is 11.4. The van der Waals surface area contributed by atoms with Crippen molar-refractivity contribution in [1.29, 1.82) is 0 Å². The molecule has 1 aromatic rings. The molecule has 1 aliphatic carbocycles. The molecule has 0 saturated heterocycles. The zero-order valence-corrected chi connectivity index (χ0v) is 10.9. The summed E-state index contributed by atoms with van der Waals surface area (Å²) in [6, 6.07) is 0.432. The summed E-state index contributed by atoms with van der Waals surface area (Å²) in [5.74, 6) is 0.667. The van der Waals surface area contributed by atoms with E-state index in [9.17, 15) is 4.79 Å². The first kappa shape index (κ1) is 11.6. The SMILES string of the molecule is O=C(CCNc1ncc(I)cn1)NC1CC1. The molecule has 0 aliphatic heterocycles. The Morgan fingerprint density at radius 3 is 2.75 bits per heavy atom. The Kier molecular flexibility index (Phi) is 3.92. The van der Waals surface area contributed by atoms with E-state index in [2.05, 4.69) is 43.2 Å². The number of carbonyl (C=O) groups is 1. The number of hydrogen-bond donors (Lipinski definition) is 2. The predicted octanol–water partition coefficient (Wildman–Crippen LogP) is 1.16. The third-order valence-corrected chi connectivity index (χ3v) is 2.76. The van der Waals surface area contributed by atoms with Crippen molar-refractivity contribution in [3.8, 4) is 0 Å². The van der Waals surface area contributed by atoms with Gasteiger partial charge in [-0.1, -0.05) is 0 Å². The summed E-state index contributed by atoms with van der Waals surface area (Å²) in [5, 5.41) is 5.94. The minimum atomic E-state index is 0.0977. The van der Waals surface area contributed by atoms with Crippen LogP contribution in [0.3, 0.4) is 0 Å². The number of nitrogens with one attached hydrogen (secondary N) is 2. The lowest BCUT2D eigenvalue weighted by Gasteiger charge is -2.05. The highest BCUT2D eigenvalue weighted by atomic mass is 127. The van der Waals surface area contributed by atoms with Gasteiger partial charge in [-0.15, -0.1) is 0 Å².